The van der Waals surface area contributed by atoms with Crippen molar-refractivity contribution in [1.29, 1.82) is 0 Å². The van der Waals surface area contributed by atoms with Gasteiger partial charge in [0.1, 0.15) is 19.8 Å². The molecule has 0 radical (unpaired) electrons. The van der Waals surface area contributed by atoms with Gasteiger partial charge < -0.3 is 18.9 Å². The average Bonchev–Trinajstić information content (AvgIpc) is 3.32. The molecule has 0 aromatic heterocycles. The Bertz CT molecular complexity index is 1240. The van der Waals surface area contributed by atoms with Crippen molar-refractivity contribution in [1.82, 2.24) is 0 Å². The fourth-order valence-electron chi connectivity index (χ4n) is 8.80. The van der Waals surface area contributed by atoms with Crippen molar-refractivity contribution in [3.8, 4) is 0 Å². The molecule has 0 aromatic carbocycles. The summed E-state index contributed by atoms with van der Waals surface area (Å²) in [6.07, 6.45) is 62.8. The minimum absolute atomic E-state index is 0.0310. The van der Waals surface area contributed by atoms with E-state index in [0.29, 0.717) is 23.9 Å². The largest absolute Gasteiger partial charge is 0.472 e. The van der Waals surface area contributed by atoms with Crippen LogP contribution in [0.1, 0.15) is 296 Å². The van der Waals surface area contributed by atoms with Crippen LogP contribution < -0.4 is 0 Å². The van der Waals surface area contributed by atoms with Crippen molar-refractivity contribution in [2.24, 2.45) is 0 Å². The first kappa shape index (κ1) is 68.5. The summed E-state index contributed by atoms with van der Waals surface area (Å²) < 4.78 is 34.5. The van der Waals surface area contributed by atoms with Crippen molar-refractivity contribution in [3.05, 3.63) is 24.3 Å². The lowest BCUT2D eigenvalue weighted by atomic mass is 10.0. The Kier molecular flexibility index (Phi) is 51.2. The lowest BCUT2D eigenvalue weighted by molar-refractivity contribution is -0.870. The first-order valence-corrected chi connectivity index (χ1v) is 31.6. The molecule has 0 aromatic rings. The van der Waals surface area contributed by atoms with Gasteiger partial charge in [-0.3, -0.25) is 18.6 Å². The van der Waals surface area contributed by atoms with Crippen molar-refractivity contribution >= 4 is 19.8 Å². The molecule has 0 spiro atoms. The van der Waals surface area contributed by atoms with Crippen LogP contribution in [0.3, 0.4) is 0 Å². The van der Waals surface area contributed by atoms with E-state index in [2.05, 4.69) is 38.2 Å². The Morgan fingerprint density at radius 1 is 0.443 bits per heavy atom. The average molecular weight is 1010 g/mol. The summed E-state index contributed by atoms with van der Waals surface area (Å²) in [4.78, 5) is 35.6. The summed E-state index contributed by atoms with van der Waals surface area (Å²) in [5, 5.41) is 0. The molecule has 70 heavy (non-hydrogen) atoms. The van der Waals surface area contributed by atoms with Gasteiger partial charge >= 0.3 is 19.8 Å². The van der Waals surface area contributed by atoms with Crippen LogP contribution in [0.25, 0.3) is 0 Å². The van der Waals surface area contributed by atoms with E-state index in [9.17, 15) is 19.0 Å². The number of esters is 2. The van der Waals surface area contributed by atoms with Crippen molar-refractivity contribution < 1.29 is 42.1 Å². The molecule has 1 N–H and O–H groups in total. The minimum Gasteiger partial charge on any atom is -0.462 e. The predicted octanol–water partition coefficient (Wildman–Crippen LogP) is 18.6. The lowest BCUT2D eigenvalue weighted by Gasteiger charge is -2.24. The van der Waals surface area contributed by atoms with Gasteiger partial charge in [0.15, 0.2) is 6.10 Å². The number of unbranched alkanes of at least 4 members (excludes halogenated alkanes) is 38. The van der Waals surface area contributed by atoms with Crippen LogP contribution in [0.4, 0.5) is 0 Å². The smallest absolute Gasteiger partial charge is 0.462 e. The Labute approximate surface area is 434 Å². The number of phosphoric ester groups is 1. The number of quaternary nitrogens is 1. The molecule has 9 nitrogen and oxygen atoms in total. The molecule has 2 unspecified atom stereocenters. The van der Waals surface area contributed by atoms with Gasteiger partial charge in [0.05, 0.1) is 27.7 Å². The van der Waals surface area contributed by atoms with Gasteiger partial charge in [-0.1, -0.05) is 269 Å². The second kappa shape index (κ2) is 52.4. The molecule has 0 saturated carbocycles. The summed E-state index contributed by atoms with van der Waals surface area (Å²) in [5.74, 6) is -0.800. The van der Waals surface area contributed by atoms with Gasteiger partial charge in [-0.05, 0) is 38.5 Å². The Balaban J connectivity index is 3.95. The van der Waals surface area contributed by atoms with Crippen LogP contribution in [-0.2, 0) is 32.7 Å². The van der Waals surface area contributed by atoms with Crippen LogP contribution in [0, 0.1) is 0 Å². The van der Waals surface area contributed by atoms with Gasteiger partial charge in [-0.2, -0.15) is 0 Å². The summed E-state index contributed by atoms with van der Waals surface area (Å²) in [7, 11) is 1.48. The molecule has 0 rings (SSSR count). The number of likely N-dealkylation sites (N-methyl/N-ethyl adjacent to an activating group) is 1. The molecule has 0 bridgehead atoms. The van der Waals surface area contributed by atoms with E-state index >= 15 is 0 Å². The molecular formula is C60H117NO8P+. The van der Waals surface area contributed by atoms with E-state index in [1.807, 2.05) is 21.1 Å². The SMILES string of the molecule is CCCC/C=C\C/C=C\CCCCCCCC(=O)OC(COC(=O)CCCCCCCCCCCCCCCCCCCCCCCCCCCCCCCCCC)COP(=O)(O)OCC[N+](C)(C)C. The normalized spacial score (nSPS) is 13.4. The van der Waals surface area contributed by atoms with Crippen LogP contribution in [0.15, 0.2) is 24.3 Å². The maximum atomic E-state index is 12.7. The molecule has 2 atom stereocenters. The monoisotopic (exact) mass is 1010 g/mol. The third-order valence-electron chi connectivity index (χ3n) is 13.5. The molecular weight excluding hydrogens is 894 g/mol. The summed E-state index contributed by atoms with van der Waals surface area (Å²) in [6.45, 7) is 4.42. The van der Waals surface area contributed by atoms with E-state index in [-0.39, 0.29) is 25.6 Å². The van der Waals surface area contributed by atoms with Gasteiger partial charge in [0.2, 0.25) is 0 Å². The number of hydrogen-bond donors (Lipinski definition) is 1. The molecule has 414 valence electrons. The van der Waals surface area contributed by atoms with Gasteiger partial charge in [0.25, 0.3) is 0 Å². The number of allylic oxidation sites excluding steroid dienone is 4. The zero-order chi connectivity index (χ0) is 51.3. The fourth-order valence-corrected chi connectivity index (χ4v) is 9.54. The van der Waals surface area contributed by atoms with Gasteiger partial charge in [-0.15, -0.1) is 0 Å². The molecule has 0 heterocycles. The molecule has 0 aliphatic rings. The number of hydrogen-bond acceptors (Lipinski definition) is 7. The second-order valence-electron chi connectivity index (χ2n) is 21.7. The molecule has 0 amide bonds. The molecule has 0 aliphatic carbocycles. The number of carbonyl (C=O) groups is 2. The van der Waals surface area contributed by atoms with Crippen molar-refractivity contribution in [2.75, 3.05) is 47.5 Å². The third kappa shape index (κ3) is 55.8. The number of rotatable bonds is 56. The zero-order valence-electron chi connectivity index (χ0n) is 47.0. The maximum Gasteiger partial charge on any atom is 0.472 e. The second-order valence-corrected chi connectivity index (χ2v) is 23.2. The Morgan fingerprint density at radius 2 is 0.786 bits per heavy atom. The summed E-state index contributed by atoms with van der Waals surface area (Å²) >= 11 is 0. The predicted molar refractivity (Wildman–Crippen MR) is 298 cm³/mol. The number of carbonyl (C=O) groups excluding carboxylic acids is 2. The number of phosphoric acid groups is 1. The van der Waals surface area contributed by atoms with Crippen LogP contribution in [0.5, 0.6) is 0 Å². The number of nitrogens with zero attached hydrogens (tertiary/aromatic N) is 1. The standard InChI is InChI=1S/C60H116NO8P/c1-6-8-10-12-14-16-18-20-22-23-24-25-26-27-28-29-30-31-32-33-34-35-36-37-38-39-41-42-44-46-48-50-52-59(62)66-56-58(57-68-70(64,65)67-55-54-61(3,4)5)69-60(63)53-51-49-47-45-43-40-21-19-17-15-13-11-9-7-2/h13,15,19,21,58H,6-12,14,16-18,20,22-57H2,1-5H3/p+1/b15-13-,21-19-. The van der Waals surface area contributed by atoms with Crippen molar-refractivity contribution in [3.63, 3.8) is 0 Å². The Hall–Kier alpha value is -1.51. The fraction of sp³-hybridized carbons (Fsp3) is 0.900. The lowest BCUT2D eigenvalue weighted by Crippen LogP contribution is -2.37. The van der Waals surface area contributed by atoms with Crippen LogP contribution in [0.2, 0.25) is 0 Å². The number of ether oxygens (including phenoxy) is 2. The van der Waals surface area contributed by atoms with Gasteiger partial charge in [-0.25, -0.2) is 4.57 Å². The molecule has 10 heteroatoms. The third-order valence-corrected chi connectivity index (χ3v) is 14.5. The minimum atomic E-state index is -4.38. The Morgan fingerprint density at radius 3 is 1.17 bits per heavy atom. The molecule has 0 saturated heterocycles. The molecule has 0 aliphatic heterocycles. The van der Waals surface area contributed by atoms with E-state index in [4.69, 9.17) is 18.5 Å². The van der Waals surface area contributed by atoms with E-state index in [0.717, 1.165) is 64.2 Å². The highest BCUT2D eigenvalue weighted by molar-refractivity contribution is 7.47. The van der Waals surface area contributed by atoms with Crippen LogP contribution >= 0.6 is 7.82 Å². The topological polar surface area (TPSA) is 108 Å². The highest BCUT2D eigenvalue weighted by atomic mass is 31.2. The summed E-state index contributed by atoms with van der Waals surface area (Å²) in [6, 6.07) is 0. The highest BCUT2D eigenvalue weighted by Gasteiger charge is 2.27. The van der Waals surface area contributed by atoms with Crippen LogP contribution in [-0.4, -0.2) is 74.9 Å². The highest BCUT2D eigenvalue weighted by Crippen LogP contribution is 2.43. The first-order chi connectivity index (χ1) is 34.0. The maximum absolute atomic E-state index is 12.7. The quantitative estimate of drug-likeness (QED) is 0.0211. The van der Waals surface area contributed by atoms with Gasteiger partial charge in [0, 0.05) is 12.8 Å². The van der Waals surface area contributed by atoms with E-state index < -0.39 is 26.5 Å². The first-order valence-electron chi connectivity index (χ1n) is 30.1. The zero-order valence-corrected chi connectivity index (χ0v) is 47.9. The molecule has 0 fully saturated rings. The summed E-state index contributed by atoms with van der Waals surface area (Å²) in [5.41, 5.74) is 0. The van der Waals surface area contributed by atoms with Crippen molar-refractivity contribution in [2.45, 2.75) is 302 Å². The van der Waals surface area contributed by atoms with E-state index in [1.165, 1.54) is 199 Å². The van der Waals surface area contributed by atoms with E-state index in [1.54, 1.807) is 0 Å².